The lowest BCUT2D eigenvalue weighted by atomic mass is 10.0. The molecule has 3 saturated carbocycles. The van der Waals surface area contributed by atoms with Crippen LogP contribution in [0.4, 0.5) is 17.5 Å². The number of hydrogen-bond donors (Lipinski definition) is 3. The van der Waals surface area contributed by atoms with E-state index in [1.807, 2.05) is 47.0 Å². The lowest BCUT2D eigenvalue weighted by molar-refractivity contribution is 0.537. The normalized spacial score (nSPS) is 15.3. The van der Waals surface area contributed by atoms with E-state index < -0.39 is 0 Å². The SMILES string of the molecule is CC(Nc1ncnc2sccc12)c1ccc(-c2cn(C3CC3)cn2)cc1.CC(Nc1ncnc2sccc12)c1ccc(-c2nnn(C3CC3)n2)cc1.CC(Nc1ncnc2sccc12)c1ccc(-n2cnc(C3CC3)c2)cc1. The highest BCUT2D eigenvalue weighted by Gasteiger charge is 2.28. The number of benzene rings is 3. The van der Waals surface area contributed by atoms with Crippen LogP contribution in [0.2, 0.25) is 0 Å². The Labute approximate surface area is 462 Å². The quantitative estimate of drug-likeness (QED) is 0.0878. The Bertz CT molecular complexity index is 3550. The van der Waals surface area contributed by atoms with E-state index in [1.54, 1.807) is 57.8 Å². The minimum Gasteiger partial charge on any atom is -0.363 e. The fourth-order valence-electron chi connectivity index (χ4n) is 9.31. The summed E-state index contributed by atoms with van der Waals surface area (Å²) in [4.78, 5) is 39.9. The Balaban J connectivity index is 0.000000111. The monoisotopic (exact) mass is 1090 g/mol. The molecule has 9 heterocycles. The zero-order valence-corrected chi connectivity index (χ0v) is 45.6. The minimum absolute atomic E-state index is 0.122. The maximum Gasteiger partial charge on any atom is 0.204 e. The van der Waals surface area contributed by atoms with Gasteiger partial charge in [-0.3, -0.25) is 0 Å². The molecule has 0 aliphatic heterocycles. The number of imidazole rings is 2. The molecule has 20 heteroatoms. The highest BCUT2D eigenvalue weighted by atomic mass is 32.1. The maximum atomic E-state index is 4.55. The van der Waals surface area contributed by atoms with Crippen molar-refractivity contribution < 1.29 is 0 Å². The molecule has 0 amide bonds. The van der Waals surface area contributed by atoms with Gasteiger partial charge in [-0.25, -0.2) is 39.9 Å². The Morgan fingerprint density at radius 1 is 0.487 bits per heavy atom. The average Bonchev–Trinajstić information content (AvgIpc) is 4.35. The first-order chi connectivity index (χ1) is 38.3. The summed E-state index contributed by atoms with van der Waals surface area (Å²) in [7, 11) is 0. The first-order valence-electron chi connectivity index (χ1n) is 26.4. The molecular weight excluding hydrogens is 1030 g/mol. The van der Waals surface area contributed by atoms with Crippen LogP contribution in [0.3, 0.4) is 0 Å². The Morgan fingerprint density at radius 3 is 1.46 bits per heavy atom. The summed E-state index contributed by atoms with van der Waals surface area (Å²) in [6, 6.07) is 33.2. The van der Waals surface area contributed by atoms with Crippen LogP contribution in [-0.4, -0.2) is 69.2 Å². The number of aromatic nitrogens is 14. The summed E-state index contributed by atoms with van der Waals surface area (Å²) in [5.41, 5.74) is 9.15. The van der Waals surface area contributed by atoms with E-state index in [0.29, 0.717) is 23.8 Å². The average molecular weight is 1090 g/mol. The molecule has 12 aromatic rings. The van der Waals surface area contributed by atoms with Gasteiger partial charge in [0.15, 0.2) is 0 Å². The maximum absolute atomic E-state index is 4.55. The molecule has 390 valence electrons. The minimum atomic E-state index is 0.122. The van der Waals surface area contributed by atoms with E-state index in [-0.39, 0.29) is 18.1 Å². The molecule has 78 heavy (non-hydrogen) atoms. The van der Waals surface area contributed by atoms with Crippen LogP contribution in [0.25, 0.3) is 59.0 Å². The number of fused-ring (bicyclic) bond motifs is 3. The van der Waals surface area contributed by atoms with Gasteiger partial charge in [-0.15, -0.1) is 44.2 Å². The van der Waals surface area contributed by atoms with E-state index in [0.717, 1.165) is 83.5 Å². The van der Waals surface area contributed by atoms with Crippen molar-refractivity contribution in [2.75, 3.05) is 16.0 Å². The van der Waals surface area contributed by atoms with E-state index in [4.69, 9.17) is 0 Å². The number of nitrogens with zero attached hydrogens (tertiary/aromatic N) is 14. The third-order valence-corrected chi connectivity index (χ3v) is 16.8. The molecule has 3 aliphatic carbocycles. The van der Waals surface area contributed by atoms with Gasteiger partial charge in [0.1, 0.15) is 50.9 Å². The Kier molecular flexibility index (Phi) is 13.6. The van der Waals surface area contributed by atoms with Gasteiger partial charge in [0.2, 0.25) is 5.82 Å². The van der Waals surface area contributed by atoms with Crippen molar-refractivity contribution in [2.45, 2.75) is 95.4 Å². The van der Waals surface area contributed by atoms with Crippen LogP contribution in [0.5, 0.6) is 0 Å². The van der Waals surface area contributed by atoms with E-state index in [9.17, 15) is 0 Å². The van der Waals surface area contributed by atoms with E-state index in [1.165, 1.54) is 48.1 Å². The van der Waals surface area contributed by atoms with Crippen molar-refractivity contribution in [2.24, 2.45) is 0 Å². The van der Waals surface area contributed by atoms with Crippen molar-refractivity contribution in [3.05, 3.63) is 174 Å². The van der Waals surface area contributed by atoms with Crippen LogP contribution in [0, 0.1) is 0 Å². The zero-order valence-electron chi connectivity index (χ0n) is 43.1. The number of hydrogen-bond acceptors (Lipinski definition) is 17. The smallest absolute Gasteiger partial charge is 0.204 e. The fraction of sp³-hybridized carbons (Fsp3) is 0.259. The molecule has 0 spiro atoms. The highest BCUT2D eigenvalue weighted by molar-refractivity contribution is 7.17. The molecule has 0 saturated heterocycles. The van der Waals surface area contributed by atoms with Crippen molar-refractivity contribution >= 4 is 82.1 Å². The topological polar surface area (TPSA) is 193 Å². The number of rotatable bonds is 15. The second kappa shape index (κ2) is 21.6. The van der Waals surface area contributed by atoms with Gasteiger partial charge in [-0.05, 0) is 128 Å². The van der Waals surface area contributed by atoms with Gasteiger partial charge < -0.3 is 25.1 Å². The summed E-state index contributed by atoms with van der Waals surface area (Å²) in [5.74, 6) is 4.00. The molecule has 3 fully saturated rings. The van der Waals surface area contributed by atoms with Crippen LogP contribution < -0.4 is 16.0 Å². The second-order valence-electron chi connectivity index (χ2n) is 20.1. The van der Waals surface area contributed by atoms with Gasteiger partial charge in [0.25, 0.3) is 0 Å². The molecule has 0 radical (unpaired) electrons. The molecule has 17 nitrogen and oxygen atoms in total. The molecule has 3 atom stereocenters. The summed E-state index contributed by atoms with van der Waals surface area (Å²) >= 11 is 4.88. The first kappa shape index (κ1) is 49.3. The standard InChI is InChI=1S/2C20H19N5S.C18H17N7S/c1-13(24-19-17-8-9-26-20(17)22-11-21-19)14-2-4-15(5-3-14)18-10-25(12-23-18)16-6-7-16;1-13(24-19-17-8-9-26-20(17)22-11-21-19)14-4-6-16(7-5-14)25-10-18(23-12-25)15-2-3-15;1-11(21-17-15-8-9-26-18(15)20-10-19-17)12-2-4-13(5-3-12)16-22-24-25(23-16)14-6-7-14/h2-5,8-13,16H,6-7H2,1H3,(H,21,22,24);4-13,15H,2-3H2,1H3,(H,21,22,24);2-5,8-11,14H,6-7H2,1H3,(H,19,20,21). The molecule has 3 N–H and O–H groups in total. The third-order valence-electron chi connectivity index (χ3n) is 14.4. The van der Waals surface area contributed by atoms with Gasteiger partial charge in [0.05, 0.1) is 46.2 Å². The number of nitrogens with one attached hydrogen (secondary N) is 3. The predicted octanol–water partition coefficient (Wildman–Crippen LogP) is 13.8. The van der Waals surface area contributed by atoms with Crippen molar-refractivity contribution in [3.8, 4) is 28.3 Å². The summed E-state index contributed by atoms with van der Waals surface area (Å²) in [5, 5.41) is 32.6. The number of anilines is 3. The molecule has 0 bridgehead atoms. The van der Waals surface area contributed by atoms with Gasteiger partial charge in [-0.1, -0.05) is 60.7 Å². The van der Waals surface area contributed by atoms with Gasteiger partial charge >= 0.3 is 0 Å². The van der Waals surface area contributed by atoms with Gasteiger partial charge in [-0.2, -0.15) is 4.80 Å². The summed E-state index contributed by atoms with van der Waals surface area (Å²) in [6.45, 7) is 6.42. The van der Waals surface area contributed by atoms with Crippen LogP contribution in [0.1, 0.15) is 118 Å². The lowest BCUT2D eigenvalue weighted by Crippen LogP contribution is -2.08. The van der Waals surface area contributed by atoms with Crippen LogP contribution in [-0.2, 0) is 0 Å². The van der Waals surface area contributed by atoms with E-state index >= 15 is 0 Å². The van der Waals surface area contributed by atoms with E-state index in [2.05, 4.69) is 186 Å². The number of tetrazole rings is 1. The van der Waals surface area contributed by atoms with Gasteiger partial charge in [0, 0.05) is 59.3 Å². The molecule has 3 unspecified atom stereocenters. The number of thiophene rings is 3. The Hall–Kier alpha value is -8.33. The van der Waals surface area contributed by atoms with Crippen molar-refractivity contribution in [1.82, 2.24) is 69.2 Å². The molecule has 15 rings (SSSR count). The van der Waals surface area contributed by atoms with Crippen molar-refractivity contribution in [1.29, 1.82) is 0 Å². The van der Waals surface area contributed by atoms with Crippen LogP contribution in [0.15, 0.2) is 151 Å². The fourth-order valence-corrected chi connectivity index (χ4v) is 11.5. The molecule has 3 aromatic carbocycles. The molecule has 9 aromatic heterocycles. The summed E-state index contributed by atoms with van der Waals surface area (Å²) < 4.78 is 4.34. The Morgan fingerprint density at radius 2 is 0.974 bits per heavy atom. The van der Waals surface area contributed by atoms with Crippen LogP contribution >= 0.6 is 34.0 Å². The second-order valence-corrected chi connectivity index (χ2v) is 22.8. The third kappa shape index (κ3) is 11.0. The van der Waals surface area contributed by atoms with Crippen molar-refractivity contribution in [3.63, 3.8) is 0 Å². The first-order valence-corrected chi connectivity index (χ1v) is 29.0. The summed E-state index contributed by atoms with van der Waals surface area (Å²) in [6.07, 6.45) is 20.4. The molecule has 3 aliphatic rings. The predicted molar refractivity (Wildman–Crippen MR) is 311 cm³/mol. The highest BCUT2D eigenvalue weighted by Crippen LogP contribution is 2.40. The lowest BCUT2D eigenvalue weighted by Gasteiger charge is -2.16. The molecular formula is C58H55N17S3. The zero-order chi connectivity index (χ0) is 52.5. The largest absolute Gasteiger partial charge is 0.363 e.